The van der Waals surface area contributed by atoms with Crippen LogP contribution in [0.4, 0.5) is 0 Å². The first kappa shape index (κ1) is 11.4. The van der Waals surface area contributed by atoms with Crippen LogP contribution in [-0.4, -0.2) is 22.4 Å². The molecular weight excluding hydrogens is 152 g/mol. The van der Waals surface area contributed by atoms with E-state index in [-0.39, 0.29) is 6.10 Å². The van der Waals surface area contributed by atoms with Crippen LogP contribution in [0.15, 0.2) is 24.3 Å². The highest BCUT2D eigenvalue weighted by Crippen LogP contribution is 2.02. The summed E-state index contributed by atoms with van der Waals surface area (Å²) in [6.07, 6.45) is 7.80. The fourth-order valence-electron chi connectivity index (χ4n) is 0.812. The number of aliphatic hydroxyl groups excluding tert-OH is 2. The van der Waals surface area contributed by atoms with Gasteiger partial charge in [0.2, 0.25) is 0 Å². The van der Waals surface area contributed by atoms with Gasteiger partial charge in [-0.2, -0.15) is 0 Å². The average molecular weight is 170 g/mol. The fourth-order valence-corrected chi connectivity index (χ4v) is 0.812. The summed E-state index contributed by atoms with van der Waals surface area (Å²) in [5.41, 5.74) is 0. The summed E-state index contributed by atoms with van der Waals surface area (Å²) >= 11 is 0. The molecule has 2 N–H and O–H groups in total. The number of aliphatic hydroxyl groups is 2. The molecule has 0 aromatic rings. The van der Waals surface area contributed by atoms with Crippen LogP contribution in [0.2, 0.25) is 0 Å². The minimum absolute atomic E-state index is 0.324. The second-order valence-corrected chi connectivity index (χ2v) is 2.90. The summed E-state index contributed by atoms with van der Waals surface area (Å²) < 4.78 is 0. The fraction of sp³-hybridized carbons (Fsp3) is 0.600. The third-order valence-electron chi connectivity index (χ3n) is 1.52. The largest absolute Gasteiger partial charge is 0.393 e. The molecule has 2 nitrogen and oxygen atoms in total. The summed E-state index contributed by atoms with van der Waals surface area (Å²) in [4.78, 5) is 0. The zero-order valence-electron chi connectivity index (χ0n) is 7.77. The Balaban J connectivity index is 3.51. The van der Waals surface area contributed by atoms with Gasteiger partial charge in [-0.15, -0.1) is 0 Å². The van der Waals surface area contributed by atoms with E-state index in [4.69, 9.17) is 5.11 Å². The molecular formula is C10H18O2. The summed E-state index contributed by atoms with van der Waals surface area (Å²) in [5.74, 6) is 0. The highest BCUT2D eigenvalue weighted by molar-refractivity contribution is 5.03. The SMILES string of the molecule is C/C=C/C=C/[C@@H](O)CC[C@@H](C)O. The maximum absolute atomic E-state index is 9.29. The van der Waals surface area contributed by atoms with Gasteiger partial charge in [0.15, 0.2) is 0 Å². The minimum Gasteiger partial charge on any atom is -0.393 e. The number of hydrogen-bond acceptors (Lipinski definition) is 2. The van der Waals surface area contributed by atoms with Gasteiger partial charge in [0, 0.05) is 0 Å². The molecule has 0 spiro atoms. The Morgan fingerprint density at radius 1 is 1.17 bits per heavy atom. The molecule has 0 rings (SSSR count). The van der Waals surface area contributed by atoms with Crippen molar-refractivity contribution in [2.75, 3.05) is 0 Å². The summed E-state index contributed by atoms with van der Waals surface area (Å²) in [6.45, 7) is 3.65. The van der Waals surface area contributed by atoms with Crippen molar-refractivity contribution in [2.24, 2.45) is 0 Å². The van der Waals surface area contributed by atoms with Crippen LogP contribution >= 0.6 is 0 Å². The Morgan fingerprint density at radius 3 is 2.33 bits per heavy atom. The highest BCUT2D eigenvalue weighted by Gasteiger charge is 2.00. The van der Waals surface area contributed by atoms with Crippen molar-refractivity contribution in [2.45, 2.75) is 38.9 Å². The van der Waals surface area contributed by atoms with Gasteiger partial charge in [0.25, 0.3) is 0 Å². The van der Waals surface area contributed by atoms with Gasteiger partial charge in [-0.05, 0) is 26.7 Å². The van der Waals surface area contributed by atoms with Crippen molar-refractivity contribution >= 4 is 0 Å². The van der Waals surface area contributed by atoms with Crippen LogP contribution in [0.1, 0.15) is 26.7 Å². The third kappa shape index (κ3) is 7.51. The smallest absolute Gasteiger partial charge is 0.0724 e. The molecule has 0 aliphatic heterocycles. The second kappa shape index (κ2) is 7.07. The van der Waals surface area contributed by atoms with Gasteiger partial charge in [-0.25, -0.2) is 0 Å². The van der Waals surface area contributed by atoms with E-state index < -0.39 is 6.10 Å². The molecule has 0 amide bonds. The number of hydrogen-bond donors (Lipinski definition) is 2. The Labute approximate surface area is 74.2 Å². The van der Waals surface area contributed by atoms with Crippen molar-refractivity contribution in [3.8, 4) is 0 Å². The van der Waals surface area contributed by atoms with Crippen LogP contribution < -0.4 is 0 Å². The second-order valence-electron chi connectivity index (χ2n) is 2.90. The van der Waals surface area contributed by atoms with Crippen molar-refractivity contribution in [1.29, 1.82) is 0 Å². The quantitative estimate of drug-likeness (QED) is 0.616. The number of rotatable bonds is 5. The first-order valence-corrected chi connectivity index (χ1v) is 4.32. The maximum Gasteiger partial charge on any atom is 0.0724 e. The van der Waals surface area contributed by atoms with Crippen LogP contribution in [0.5, 0.6) is 0 Å². The summed E-state index contributed by atoms with van der Waals surface area (Å²) in [7, 11) is 0. The minimum atomic E-state index is -0.434. The molecule has 0 aliphatic rings. The molecule has 0 heterocycles. The van der Waals surface area contributed by atoms with E-state index in [1.165, 1.54) is 0 Å². The van der Waals surface area contributed by atoms with Gasteiger partial charge in [0.05, 0.1) is 12.2 Å². The molecule has 0 saturated carbocycles. The lowest BCUT2D eigenvalue weighted by Crippen LogP contribution is -2.07. The Kier molecular flexibility index (Phi) is 6.72. The van der Waals surface area contributed by atoms with Crippen LogP contribution in [0.25, 0.3) is 0 Å². The van der Waals surface area contributed by atoms with Crippen molar-refractivity contribution in [3.63, 3.8) is 0 Å². The van der Waals surface area contributed by atoms with Gasteiger partial charge < -0.3 is 10.2 Å². The predicted molar refractivity (Wildman–Crippen MR) is 50.9 cm³/mol. The molecule has 0 fully saturated rings. The lowest BCUT2D eigenvalue weighted by molar-refractivity contribution is 0.146. The Hall–Kier alpha value is -0.600. The molecule has 0 bridgehead atoms. The van der Waals surface area contributed by atoms with Gasteiger partial charge in [-0.3, -0.25) is 0 Å². The van der Waals surface area contributed by atoms with Gasteiger partial charge >= 0.3 is 0 Å². The molecule has 12 heavy (non-hydrogen) atoms. The van der Waals surface area contributed by atoms with Crippen molar-refractivity contribution in [1.82, 2.24) is 0 Å². The number of allylic oxidation sites excluding steroid dienone is 3. The highest BCUT2D eigenvalue weighted by atomic mass is 16.3. The standard InChI is InChI=1S/C10H18O2/c1-3-4-5-6-10(12)8-7-9(2)11/h3-6,9-12H,7-8H2,1-2H3/b4-3+,6-5+/t9-,10-/m1/s1. The zero-order chi connectivity index (χ0) is 9.40. The average Bonchev–Trinajstić information content (AvgIpc) is 2.01. The topological polar surface area (TPSA) is 40.5 Å². The van der Waals surface area contributed by atoms with Gasteiger partial charge in [-0.1, -0.05) is 24.3 Å². The van der Waals surface area contributed by atoms with E-state index >= 15 is 0 Å². The monoisotopic (exact) mass is 170 g/mol. The van der Waals surface area contributed by atoms with Crippen LogP contribution in [0, 0.1) is 0 Å². The Morgan fingerprint density at radius 2 is 1.83 bits per heavy atom. The summed E-state index contributed by atoms with van der Waals surface area (Å²) in [6, 6.07) is 0. The molecule has 2 atom stereocenters. The molecule has 0 aromatic carbocycles. The van der Waals surface area contributed by atoms with Crippen LogP contribution in [0.3, 0.4) is 0 Å². The van der Waals surface area contributed by atoms with E-state index in [9.17, 15) is 5.11 Å². The third-order valence-corrected chi connectivity index (χ3v) is 1.52. The van der Waals surface area contributed by atoms with E-state index in [1.807, 2.05) is 25.2 Å². The normalized spacial score (nSPS) is 17.3. The molecule has 0 aromatic heterocycles. The van der Waals surface area contributed by atoms with E-state index in [0.29, 0.717) is 12.8 Å². The lowest BCUT2D eigenvalue weighted by atomic mass is 10.1. The maximum atomic E-state index is 9.29. The van der Waals surface area contributed by atoms with E-state index in [0.717, 1.165) is 0 Å². The lowest BCUT2D eigenvalue weighted by Gasteiger charge is -2.06. The van der Waals surface area contributed by atoms with E-state index in [1.54, 1.807) is 13.0 Å². The van der Waals surface area contributed by atoms with E-state index in [2.05, 4.69) is 0 Å². The molecule has 0 saturated heterocycles. The molecule has 70 valence electrons. The zero-order valence-corrected chi connectivity index (χ0v) is 7.77. The molecule has 2 heteroatoms. The van der Waals surface area contributed by atoms with Crippen molar-refractivity contribution in [3.05, 3.63) is 24.3 Å². The summed E-state index contributed by atoms with van der Waals surface area (Å²) in [5, 5.41) is 18.2. The first-order valence-electron chi connectivity index (χ1n) is 4.32. The van der Waals surface area contributed by atoms with Gasteiger partial charge in [0.1, 0.15) is 0 Å². The first-order chi connectivity index (χ1) is 5.66. The molecule has 0 radical (unpaired) electrons. The Bertz CT molecular complexity index is 148. The molecule has 0 aliphatic carbocycles. The predicted octanol–water partition coefficient (Wildman–Crippen LogP) is 1.64. The van der Waals surface area contributed by atoms with Crippen LogP contribution in [-0.2, 0) is 0 Å². The van der Waals surface area contributed by atoms with Crippen molar-refractivity contribution < 1.29 is 10.2 Å². The molecule has 0 unspecified atom stereocenters.